The molecule has 0 fully saturated rings. The minimum absolute atomic E-state index is 0.155. The lowest BCUT2D eigenvalue weighted by Gasteiger charge is -2.17. The smallest absolute Gasteiger partial charge is 0.191 e. The lowest BCUT2D eigenvalue weighted by molar-refractivity contribution is 0.103. The number of hydrogen-bond donors (Lipinski definition) is 0. The first-order chi connectivity index (χ1) is 10.8. The van der Waals surface area contributed by atoms with Gasteiger partial charge in [0.05, 0.1) is 0 Å². The van der Waals surface area contributed by atoms with Crippen LogP contribution in [0.25, 0.3) is 16.8 Å². The molecule has 0 N–H and O–H groups in total. The van der Waals surface area contributed by atoms with Crippen LogP contribution in [0.15, 0.2) is 77.2 Å². The van der Waals surface area contributed by atoms with Gasteiger partial charge in [0, 0.05) is 21.8 Å². The quantitative estimate of drug-likeness (QED) is 0.574. The largest absolute Gasteiger partial charge is 0.289 e. The monoisotopic (exact) mass is 302 g/mol. The second-order valence-corrected chi connectivity index (χ2v) is 6.37. The summed E-state index contributed by atoms with van der Waals surface area (Å²) in [5.74, 6) is 0.890. The summed E-state index contributed by atoms with van der Waals surface area (Å²) in [6, 6.07) is 22.4. The fourth-order valence-corrected chi connectivity index (χ4v) is 3.86. The van der Waals surface area contributed by atoms with Gasteiger partial charge in [-0.15, -0.1) is 11.8 Å². The molecule has 3 aromatic rings. The molecule has 0 saturated carbocycles. The van der Waals surface area contributed by atoms with Gasteiger partial charge in [-0.1, -0.05) is 54.6 Å². The summed E-state index contributed by atoms with van der Waals surface area (Å²) in [6.45, 7) is 0. The van der Waals surface area contributed by atoms with E-state index in [1.807, 2.05) is 48.5 Å². The number of fused-ring (bicyclic) bond motifs is 2. The molecule has 3 aromatic carbocycles. The van der Waals surface area contributed by atoms with Gasteiger partial charge in [0.1, 0.15) is 0 Å². The maximum Gasteiger partial charge on any atom is 0.191 e. The highest BCUT2D eigenvalue weighted by atomic mass is 32.2. The van der Waals surface area contributed by atoms with Crippen LogP contribution in [-0.4, -0.2) is 11.5 Å². The topological polar surface area (TPSA) is 17.1 Å². The molecule has 2 heteroatoms. The van der Waals surface area contributed by atoms with Crippen LogP contribution in [0.2, 0.25) is 0 Å². The second kappa shape index (κ2) is 5.47. The third-order valence-corrected chi connectivity index (χ3v) is 5.08. The number of benzene rings is 3. The highest BCUT2D eigenvalue weighted by Crippen LogP contribution is 2.33. The maximum atomic E-state index is 12.7. The molecular weight excluding hydrogens is 288 g/mol. The van der Waals surface area contributed by atoms with Crippen molar-refractivity contribution >= 4 is 34.4 Å². The Morgan fingerprint density at radius 3 is 2.59 bits per heavy atom. The molecular formula is C20H14OS. The third kappa shape index (κ3) is 2.26. The van der Waals surface area contributed by atoms with Crippen molar-refractivity contribution < 1.29 is 4.79 Å². The van der Waals surface area contributed by atoms with Crippen molar-refractivity contribution in [1.82, 2.24) is 0 Å². The molecule has 4 rings (SSSR count). The Morgan fingerprint density at radius 2 is 1.64 bits per heavy atom. The Bertz CT molecular complexity index is 903. The maximum absolute atomic E-state index is 12.7. The predicted molar refractivity (Wildman–Crippen MR) is 93.4 cm³/mol. The summed E-state index contributed by atoms with van der Waals surface area (Å²) in [4.78, 5) is 13.8. The van der Waals surface area contributed by atoms with Crippen molar-refractivity contribution in [3.8, 4) is 0 Å². The van der Waals surface area contributed by atoms with Gasteiger partial charge >= 0.3 is 0 Å². The first kappa shape index (κ1) is 13.4. The molecule has 0 aromatic heterocycles. The van der Waals surface area contributed by atoms with Crippen LogP contribution in [0.5, 0.6) is 0 Å². The van der Waals surface area contributed by atoms with Crippen LogP contribution in [0, 0.1) is 0 Å². The highest BCUT2D eigenvalue weighted by Gasteiger charge is 2.21. The summed E-state index contributed by atoms with van der Waals surface area (Å²) in [6.07, 6.45) is 2.05. The van der Waals surface area contributed by atoms with Gasteiger partial charge in [0.2, 0.25) is 0 Å². The molecule has 0 radical (unpaired) electrons. The normalized spacial score (nSPS) is 16.0. The fourth-order valence-electron chi connectivity index (χ4n) is 2.85. The summed E-state index contributed by atoms with van der Waals surface area (Å²) in [5.41, 5.74) is 2.81. The van der Waals surface area contributed by atoms with E-state index in [1.54, 1.807) is 11.8 Å². The van der Waals surface area contributed by atoms with Crippen LogP contribution >= 0.6 is 11.8 Å². The zero-order valence-corrected chi connectivity index (χ0v) is 12.8. The van der Waals surface area contributed by atoms with E-state index in [0.29, 0.717) is 0 Å². The molecule has 1 heterocycles. The Balaban J connectivity index is 1.82. The van der Waals surface area contributed by atoms with Gasteiger partial charge in [-0.05, 0) is 34.5 Å². The molecule has 0 bridgehead atoms. The summed E-state index contributed by atoms with van der Waals surface area (Å²) >= 11 is 1.74. The summed E-state index contributed by atoms with van der Waals surface area (Å²) < 4.78 is 0. The number of Topliss-reactive ketones (excluding diaryl/α,β-unsaturated/α-hetero) is 1. The molecule has 0 aliphatic carbocycles. The van der Waals surface area contributed by atoms with Gasteiger partial charge in [-0.25, -0.2) is 0 Å². The number of hydrogen-bond acceptors (Lipinski definition) is 2. The van der Waals surface area contributed by atoms with Crippen LogP contribution < -0.4 is 0 Å². The Morgan fingerprint density at radius 1 is 0.864 bits per heavy atom. The van der Waals surface area contributed by atoms with Crippen molar-refractivity contribution in [3.63, 3.8) is 0 Å². The van der Waals surface area contributed by atoms with Crippen LogP contribution in [0.1, 0.15) is 15.9 Å². The van der Waals surface area contributed by atoms with Crippen molar-refractivity contribution in [3.05, 3.63) is 83.4 Å². The van der Waals surface area contributed by atoms with Crippen molar-refractivity contribution in [2.75, 3.05) is 5.75 Å². The average molecular weight is 302 g/mol. The van der Waals surface area contributed by atoms with E-state index >= 15 is 0 Å². The molecule has 0 saturated heterocycles. The van der Waals surface area contributed by atoms with E-state index in [2.05, 4.69) is 24.3 Å². The molecule has 1 aliphatic heterocycles. The number of ketones is 1. The van der Waals surface area contributed by atoms with E-state index in [-0.39, 0.29) is 5.78 Å². The van der Waals surface area contributed by atoms with Crippen LogP contribution in [0.4, 0.5) is 0 Å². The minimum Gasteiger partial charge on any atom is -0.289 e. The summed E-state index contributed by atoms with van der Waals surface area (Å²) in [7, 11) is 0. The van der Waals surface area contributed by atoms with E-state index in [9.17, 15) is 4.79 Å². The number of rotatable bonds is 1. The molecule has 1 aliphatic rings. The van der Waals surface area contributed by atoms with Gasteiger partial charge in [-0.2, -0.15) is 0 Å². The van der Waals surface area contributed by atoms with E-state index in [4.69, 9.17) is 0 Å². The zero-order chi connectivity index (χ0) is 14.9. The standard InChI is InChI=1S/C20H14OS/c21-20-16(13-22-19-11-4-3-10-18(19)20)12-15-8-5-7-14-6-1-2-9-17(14)15/h1-12H,13H2. The van der Waals surface area contributed by atoms with E-state index < -0.39 is 0 Å². The molecule has 0 atom stereocenters. The lowest BCUT2D eigenvalue weighted by atomic mass is 9.98. The third-order valence-electron chi connectivity index (χ3n) is 3.96. The minimum atomic E-state index is 0.155. The molecule has 1 nitrogen and oxygen atoms in total. The van der Waals surface area contributed by atoms with Gasteiger partial charge in [0.25, 0.3) is 0 Å². The molecule has 0 spiro atoms. The molecule has 22 heavy (non-hydrogen) atoms. The van der Waals surface area contributed by atoms with Crippen molar-refractivity contribution in [1.29, 1.82) is 0 Å². The van der Waals surface area contributed by atoms with Crippen LogP contribution in [0.3, 0.4) is 0 Å². The number of carbonyl (C=O) groups excluding carboxylic acids is 1. The van der Waals surface area contributed by atoms with Crippen LogP contribution in [-0.2, 0) is 0 Å². The van der Waals surface area contributed by atoms with E-state index in [1.165, 1.54) is 10.8 Å². The van der Waals surface area contributed by atoms with Gasteiger partial charge in [-0.3, -0.25) is 4.79 Å². The first-order valence-electron chi connectivity index (χ1n) is 7.28. The number of thioether (sulfide) groups is 1. The Hall–Kier alpha value is -2.32. The van der Waals surface area contributed by atoms with Gasteiger partial charge < -0.3 is 0 Å². The second-order valence-electron chi connectivity index (χ2n) is 5.35. The highest BCUT2D eigenvalue weighted by molar-refractivity contribution is 7.99. The first-order valence-corrected chi connectivity index (χ1v) is 8.26. The van der Waals surface area contributed by atoms with E-state index in [0.717, 1.165) is 27.3 Å². The van der Waals surface area contributed by atoms with Crippen molar-refractivity contribution in [2.24, 2.45) is 0 Å². The number of carbonyl (C=O) groups is 1. The zero-order valence-electron chi connectivity index (χ0n) is 12.0. The fraction of sp³-hybridized carbons (Fsp3) is 0.0500. The average Bonchev–Trinajstić information content (AvgIpc) is 2.58. The van der Waals surface area contributed by atoms with Crippen molar-refractivity contribution in [2.45, 2.75) is 4.90 Å². The molecule has 106 valence electrons. The SMILES string of the molecule is O=C1C(=Cc2cccc3ccccc23)CSc2ccccc21. The molecule has 0 unspecified atom stereocenters. The Labute approximate surface area is 133 Å². The Kier molecular flexibility index (Phi) is 3.32. The molecule has 0 amide bonds. The predicted octanol–water partition coefficient (Wildman–Crippen LogP) is 5.21. The summed E-state index contributed by atoms with van der Waals surface area (Å²) in [5, 5.41) is 2.39. The lowest BCUT2D eigenvalue weighted by Crippen LogP contribution is -2.12. The van der Waals surface area contributed by atoms with Gasteiger partial charge in [0.15, 0.2) is 5.78 Å².